The van der Waals surface area contributed by atoms with Gasteiger partial charge in [0.25, 0.3) is 0 Å². The number of benzene rings is 1. The Balaban J connectivity index is 2.40. The minimum atomic E-state index is 0.547. The van der Waals surface area contributed by atoms with E-state index < -0.39 is 0 Å². The molecule has 3 heteroatoms. The molecular weight excluding hydrogens is 238 g/mol. The Morgan fingerprint density at radius 2 is 1.74 bits per heavy atom. The molecule has 0 amide bonds. The average molecular weight is 261 g/mol. The molecule has 0 N–H and O–H groups in total. The zero-order valence-electron chi connectivity index (χ0n) is 12.3. The predicted octanol–water partition coefficient (Wildman–Crippen LogP) is 3.62. The fraction of sp³-hybridized carbons (Fsp3) is 0.562. The summed E-state index contributed by atoms with van der Waals surface area (Å²) in [6, 6.07) is 5.85. The van der Waals surface area contributed by atoms with Crippen LogP contribution in [0.25, 0.3) is 0 Å². The van der Waals surface area contributed by atoms with Crippen molar-refractivity contribution in [2.75, 3.05) is 19.8 Å². The van der Waals surface area contributed by atoms with Crippen molar-refractivity contribution in [2.24, 2.45) is 5.92 Å². The molecule has 1 aromatic carbocycles. The highest BCUT2D eigenvalue weighted by molar-refractivity contribution is 5.47. The molecule has 0 aromatic heterocycles. The lowest BCUT2D eigenvalue weighted by Crippen LogP contribution is -2.10. The molecule has 1 aromatic rings. The SMILES string of the molecule is Cc1cc(C#N)cc(C)c1OCCOCCC(C)C. The van der Waals surface area contributed by atoms with Crippen molar-refractivity contribution >= 4 is 0 Å². The molecule has 0 saturated carbocycles. The summed E-state index contributed by atoms with van der Waals surface area (Å²) >= 11 is 0. The minimum Gasteiger partial charge on any atom is -0.491 e. The molecule has 0 fully saturated rings. The van der Waals surface area contributed by atoms with Crippen LogP contribution in [0, 0.1) is 31.1 Å². The van der Waals surface area contributed by atoms with Crippen LogP contribution in [0.3, 0.4) is 0 Å². The van der Waals surface area contributed by atoms with Crippen LogP contribution in [0.2, 0.25) is 0 Å². The van der Waals surface area contributed by atoms with Crippen LogP contribution in [0.4, 0.5) is 0 Å². The summed E-state index contributed by atoms with van der Waals surface area (Å²) in [4.78, 5) is 0. The summed E-state index contributed by atoms with van der Waals surface area (Å²) in [5.74, 6) is 1.54. The van der Waals surface area contributed by atoms with Crippen LogP contribution in [-0.2, 0) is 4.74 Å². The fourth-order valence-corrected chi connectivity index (χ4v) is 1.87. The van der Waals surface area contributed by atoms with Gasteiger partial charge in [0, 0.05) is 6.61 Å². The molecule has 1 rings (SSSR count). The van der Waals surface area contributed by atoms with E-state index in [4.69, 9.17) is 14.7 Å². The second-order valence-corrected chi connectivity index (χ2v) is 5.19. The second-order valence-electron chi connectivity index (χ2n) is 5.19. The van der Waals surface area contributed by atoms with Gasteiger partial charge in [-0.2, -0.15) is 5.26 Å². The van der Waals surface area contributed by atoms with Gasteiger partial charge in [0.1, 0.15) is 12.4 Å². The highest BCUT2D eigenvalue weighted by Gasteiger charge is 2.06. The van der Waals surface area contributed by atoms with Crippen molar-refractivity contribution in [1.82, 2.24) is 0 Å². The van der Waals surface area contributed by atoms with Crippen LogP contribution in [0.5, 0.6) is 5.75 Å². The molecule has 0 heterocycles. The maximum atomic E-state index is 8.88. The van der Waals surface area contributed by atoms with Crippen molar-refractivity contribution in [1.29, 1.82) is 5.26 Å². The Morgan fingerprint density at radius 3 is 2.26 bits per heavy atom. The summed E-state index contributed by atoms with van der Waals surface area (Å²) in [7, 11) is 0. The Morgan fingerprint density at radius 1 is 1.11 bits per heavy atom. The minimum absolute atomic E-state index is 0.547. The molecule has 0 saturated heterocycles. The van der Waals surface area contributed by atoms with Gasteiger partial charge in [0.05, 0.1) is 18.2 Å². The zero-order valence-corrected chi connectivity index (χ0v) is 12.3. The van der Waals surface area contributed by atoms with Crippen LogP contribution < -0.4 is 4.74 Å². The van der Waals surface area contributed by atoms with Gasteiger partial charge in [-0.1, -0.05) is 13.8 Å². The monoisotopic (exact) mass is 261 g/mol. The second kappa shape index (κ2) is 7.81. The highest BCUT2D eigenvalue weighted by atomic mass is 16.5. The number of hydrogen-bond donors (Lipinski definition) is 0. The van der Waals surface area contributed by atoms with E-state index in [1.54, 1.807) is 0 Å². The lowest BCUT2D eigenvalue weighted by atomic mass is 10.1. The molecule has 0 radical (unpaired) electrons. The molecule has 19 heavy (non-hydrogen) atoms. The van der Waals surface area contributed by atoms with Crippen molar-refractivity contribution in [3.05, 3.63) is 28.8 Å². The van der Waals surface area contributed by atoms with E-state index >= 15 is 0 Å². The lowest BCUT2D eigenvalue weighted by molar-refractivity contribution is 0.0921. The van der Waals surface area contributed by atoms with Gasteiger partial charge >= 0.3 is 0 Å². The molecule has 3 nitrogen and oxygen atoms in total. The Hall–Kier alpha value is -1.53. The number of rotatable bonds is 7. The van der Waals surface area contributed by atoms with E-state index in [2.05, 4.69) is 19.9 Å². The van der Waals surface area contributed by atoms with Gasteiger partial charge in [-0.15, -0.1) is 0 Å². The van der Waals surface area contributed by atoms with Gasteiger partial charge in [0.2, 0.25) is 0 Å². The number of hydrogen-bond acceptors (Lipinski definition) is 3. The molecule has 0 spiro atoms. The topological polar surface area (TPSA) is 42.2 Å². The first kappa shape index (κ1) is 15.5. The summed E-state index contributed by atoms with van der Waals surface area (Å²) in [6.45, 7) is 10.2. The number of nitrogens with zero attached hydrogens (tertiary/aromatic N) is 1. The first-order chi connectivity index (χ1) is 9.04. The normalized spacial score (nSPS) is 10.5. The van der Waals surface area contributed by atoms with Crippen molar-refractivity contribution in [3.63, 3.8) is 0 Å². The van der Waals surface area contributed by atoms with Crippen molar-refractivity contribution in [2.45, 2.75) is 34.1 Å². The Labute approximate surface area is 116 Å². The van der Waals surface area contributed by atoms with E-state index in [1.807, 2.05) is 26.0 Å². The maximum absolute atomic E-state index is 8.88. The largest absolute Gasteiger partial charge is 0.491 e. The summed E-state index contributed by atoms with van der Waals surface area (Å²) in [5, 5.41) is 8.88. The van der Waals surface area contributed by atoms with E-state index in [-0.39, 0.29) is 0 Å². The molecule has 0 aliphatic rings. The standard InChI is InChI=1S/C16H23NO2/c1-12(2)5-6-18-7-8-19-16-13(3)9-15(11-17)10-14(16)4/h9-10,12H,5-8H2,1-4H3. The molecular formula is C16H23NO2. The first-order valence-corrected chi connectivity index (χ1v) is 6.76. The Bertz CT molecular complexity index is 424. The van der Waals surface area contributed by atoms with Crippen LogP contribution in [-0.4, -0.2) is 19.8 Å². The molecule has 0 bridgehead atoms. The quantitative estimate of drug-likeness (QED) is 0.704. The average Bonchev–Trinajstić information content (AvgIpc) is 2.35. The summed E-state index contributed by atoms with van der Waals surface area (Å²) < 4.78 is 11.3. The molecule has 104 valence electrons. The van der Waals surface area contributed by atoms with E-state index in [0.717, 1.165) is 29.9 Å². The summed E-state index contributed by atoms with van der Waals surface area (Å²) in [5.41, 5.74) is 2.67. The third-order valence-electron chi connectivity index (χ3n) is 2.90. The zero-order chi connectivity index (χ0) is 14.3. The van der Waals surface area contributed by atoms with Gasteiger partial charge in [-0.05, 0) is 49.4 Å². The van der Waals surface area contributed by atoms with Crippen molar-refractivity contribution in [3.8, 4) is 11.8 Å². The molecule has 0 atom stereocenters. The van der Waals surface area contributed by atoms with Crippen LogP contribution >= 0.6 is 0 Å². The maximum Gasteiger partial charge on any atom is 0.125 e. The van der Waals surface area contributed by atoms with E-state index in [9.17, 15) is 0 Å². The van der Waals surface area contributed by atoms with Crippen LogP contribution in [0.1, 0.15) is 37.0 Å². The predicted molar refractivity (Wildman–Crippen MR) is 76.4 cm³/mol. The van der Waals surface area contributed by atoms with E-state index in [0.29, 0.717) is 24.7 Å². The fourth-order valence-electron chi connectivity index (χ4n) is 1.87. The number of ether oxygens (including phenoxy) is 2. The summed E-state index contributed by atoms with van der Waals surface area (Å²) in [6.07, 6.45) is 1.08. The lowest BCUT2D eigenvalue weighted by Gasteiger charge is -2.13. The first-order valence-electron chi connectivity index (χ1n) is 6.76. The highest BCUT2D eigenvalue weighted by Crippen LogP contribution is 2.24. The smallest absolute Gasteiger partial charge is 0.125 e. The van der Waals surface area contributed by atoms with Crippen LogP contribution in [0.15, 0.2) is 12.1 Å². The molecule has 0 unspecified atom stereocenters. The van der Waals surface area contributed by atoms with Gasteiger partial charge in [-0.3, -0.25) is 0 Å². The molecule has 0 aliphatic carbocycles. The third-order valence-corrected chi connectivity index (χ3v) is 2.90. The number of aryl methyl sites for hydroxylation is 2. The number of nitriles is 1. The van der Waals surface area contributed by atoms with E-state index in [1.165, 1.54) is 0 Å². The third kappa shape index (κ3) is 5.32. The van der Waals surface area contributed by atoms with Crippen molar-refractivity contribution < 1.29 is 9.47 Å². The molecule has 0 aliphatic heterocycles. The van der Waals surface area contributed by atoms with Gasteiger partial charge in [-0.25, -0.2) is 0 Å². The van der Waals surface area contributed by atoms with Gasteiger partial charge < -0.3 is 9.47 Å². The Kier molecular flexibility index (Phi) is 6.38. The van der Waals surface area contributed by atoms with Gasteiger partial charge in [0.15, 0.2) is 0 Å².